The van der Waals surface area contributed by atoms with E-state index in [4.69, 9.17) is 9.47 Å². The number of alkyl halides is 1. The largest absolute Gasteiger partial charge is 0.348 e. The molecule has 3 heteroatoms. The molecule has 0 aromatic heterocycles. The Morgan fingerprint density at radius 2 is 2.08 bits per heavy atom. The molecule has 0 N–H and O–H groups in total. The van der Waals surface area contributed by atoms with Gasteiger partial charge in [-0.15, -0.1) is 0 Å². The van der Waals surface area contributed by atoms with E-state index in [1.807, 2.05) is 0 Å². The van der Waals surface area contributed by atoms with Crippen molar-refractivity contribution in [2.75, 3.05) is 18.5 Å². The molecule has 1 saturated carbocycles. The zero-order valence-electron chi connectivity index (χ0n) is 7.22. The van der Waals surface area contributed by atoms with Crippen LogP contribution in [-0.4, -0.2) is 24.3 Å². The maximum atomic E-state index is 5.64. The minimum atomic E-state index is -0.160. The number of hydrogen-bond donors (Lipinski definition) is 0. The highest BCUT2D eigenvalue weighted by molar-refractivity contribution is 9.09. The maximum Gasteiger partial charge on any atom is 0.168 e. The molecule has 1 aliphatic carbocycles. The lowest BCUT2D eigenvalue weighted by molar-refractivity contribution is -0.152. The summed E-state index contributed by atoms with van der Waals surface area (Å²) < 4.78 is 11.3. The fourth-order valence-corrected chi connectivity index (χ4v) is 2.88. The van der Waals surface area contributed by atoms with Crippen LogP contribution in [-0.2, 0) is 9.47 Å². The quantitative estimate of drug-likeness (QED) is 0.684. The third kappa shape index (κ3) is 1.68. The summed E-state index contributed by atoms with van der Waals surface area (Å²) in [6, 6.07) is 0. The van der Waals surface area contributed by atoms with Crippen LogP contribution in [0.3, 0.4) is 0 Å². The number of halogens is 1. The fourth-order valence-electron chi connectivity index (χ4n) is 2.23. The Bertz CT molecular complexity index is 155. The lowest BCUT2D eigenvalue weighted by atomic mass is 10.1. The third-order valence-corrected chi connectivity index (χ3v) is 3.32. The van der Waals surface area contributed by atoms with Gasteiger partial charge in [-0.2, -0.15) is 0 Å². The minimum absolute atomic E-state index is 0.160. The standard InChI is InChI=1S/C9H15BrO2/c10-4-2-8-1-3-9(7-8)11-5-6-12-9/h8H,1-7H2/t8-/m1/s1. The smallest absolute Gasteiger partial charge is 0.168 e. The van der Waals surface area contributed by atoms with E-state index >= 15 is 0 Å². The van der Waals surface area contributed by atoms with E-state index in [1.54, 1.807) is 0 Å². The molecule has 1 saturated heterocycles. The molecule has 1 spiro atoms. The van der Waals surface area contributed by atoms with Crippen molar-refractivity contribution in [2.24, 2.45) is 5.92 Å². The Labute approximate surface area is 81.7 Å². The van der Waals surface area contributed by atoms with Gasteiger partial charge >= 0.3 is 0 Å². The summed E-state index contributed by atoms with van der Waals surface area (Å²) in [6.45, 7) is 1.59. The predicted octanol–water partition coefficient (Wildman–Crippen LogP) is 2.31. The highest BCUT2D eigenvalue weighted by Crippen LogP contribution is 2.42. The maximum absolute atomic E-state index is 5.64. The molecule has 0 unspecified atom stereocenters. The SMILES string of the molecule is BrCC[C@H]1CCC2(C1)OCCO2. The fraction of sp³-hybridized carbons (Fsp3) is 1.00. The summed E-state index contributed by atoms with van der Waals surface area (Å²) >= 11 is 3.47. The van der Waals surface area contributed by atoms with Crippen LogP contribution in [0.25, 0.3) is 0 Å². The van der Waals surface area contributed by atoms with Crippen molar-refractivity contribution in [3.8, 4) is 0 Å². The summed E-state index contributed by atoms with van der Waals surface area (Å²) in [6.07, 6.45) is 4.74. The lowest BCUT2D eigenvalue weighted by Crippen LogP contribution is -2.25. The first-order valence-electron chi connectivity index (χ1n) is 4.68. The molecule has 0 radical (unpaired) electrons. The highest BCUT2D eigenvalue weighted by Gasteiger charge is 2.43. The van der Waals surface area contributed by atoms with Crippen LogP contribution in [0.15, 0.2) is 0 Å². The number of ether oxygens (including phenoxy) is 2. The van der Waals surface area contributed by atoms with Crippen LogP contribution in [0.4, 0.5) is 0 Å². The molecular formula is C9H15BrO2. The van der Waals surface area contributed by atoms with Crippen LogP contribution in [0.5, 0.6) is 0 Å². The van der Waals surface area contributed by atoms with E-state index in [9.17, 15) is 0 Å². The highest BCUT2D eigenvalue weighted by atomic mass is 79.9. The van der Waals surface area contributed by atoms with Gasteiger partial charge in [-0.05, 0) is 18.8 Å². The molecule has 0 aromatic carbocycles. The average molecular weight is 235 g/mol. The second-order valence-corrected chi connectivity index (χ2v) is 4.49. The third-order valence-electron chi connectivity index (χ3n) is 2.86. The Balaban J connectivity index is 1.88. The van der Waals surface area contributed by atoms with Gasteiger partial charge in [0.15, 0.2) is 5.79 Å². The number of hydrogen-bond acceptors (Lipinski definition) is 2. The van der Waals surface area contributed by atoms with Crippen molar-refractivity contribution in [3.05, 3.63) is 0 Å². The van der Waals surface area contributed by atoms with Crippen LogP contribution >= 0.6 is 15.9 Å². The summed E-state index contributed by atoms with van der Waals surface area (Å²) in [5.41, 5.74) is 0. The van der Waals surface area contributed by atoms with E-state index in [2.05, 4.69) is 15.9 Å². The van der Waals surface area contributed by atoms with Gasteiger partial charge in [-0.25, -0.2) is 0 Å². The molecule has 2 nitrogen and oxygen atoms in total. The zero-order chi connectivity index (χ0) is 8.44. The molecule has 1 heterocycles. The van der Waals surface area contributed by atoms with E-state index in [1.165, 1.54) is 12.8 Å². The normalized spacial score (nSPS) is 33.2. The zero-order valence-corrected chi connectivity index (χ0v) is 8.81. The first-order chi connectivity index (χ1) is 5.85. The topological polar surface area (TPSA) is 18.5 Å². The van der Waals surface area contributed by atoms with Gasteiger partial charge in [0, 0.05) is 18.2 Å². The van der Waals surface area contributed by atoms with Crippen LogP contribution < -0.4 is 0 Å². The van der Waals surface area contributed by atoms with Crippen molar-refractivity contribution < 1.29 is 9.47 Å². The van der Waals surface area contributed by atoms with Gasteiger partial charge in [0.25, 0.3) is 0 Å². The molecule has 2 fully saturated rings. The van der Waals surface area contributed by atoms with Gasteiger partial charge in [-0.3, -0.25) is 0 Å². The molecule has 70 valence electrons. The second-order valence-electron chi connectivity index (χ2n) is 3.69. The molecule has 0 bridgehead atoms. The minimum Gasteiger partial charge on any atom is -0.348 e. The summed E-state index contributed by atoms with van der Waals surface area (Å²) in [7, 11) is 0. The van der Waals surface area contributed by atoms with Crippen LogP contribution in [0.1, 0.15) is 25.7 Å². The van der Waals surface area contributed by atoms with Crippen molar-refractivity contribution in [3.63, 3.8) is 0 Å². The molecule has 1 aliphatic heterocycles. The van der Waals surface area contributed by atoms with Crippen LogP contribution in [0.2, 0.25) is 0 Å². The van der Waals surface area contributed by atoms with E-state index < -0.39 is 0 Å². The van der Waals surface area contributed by atoms with Crippen molar-refractivity contribution >= 4 is 15.9 Å². The summed E-state index contributed by atoms with van der Waals surface area (Å²) in [5, 5.41) is 1.10. The van der Waals surface area contributed by atoms with Gasteiger partial charge < -0.3 is 9.47 Å². The predicted molar refractivity (Wildman–Crippen MR) is 50.4 cm³/mol. The van der Waals surface area contributed by atoms with Gasteiger partial charge in [0.1, 0.15) is 0 Å². The average Bonchev–Trinajstić information content (AvgIpc) is 2.65. The summed E-state index contributed by atoms with van der Waals surface area (Å²) in [5.74, 6) is 0.648. The monoisotopic (exact) mass is 234 g/mol. The molecular weight excluding hydrogens is 220 g/mol. The molecule has 2 rings (SSSR count). The molecule has 12 heavy (non-hydrogen) atoms. The van der Waals surface area contributed by atoms with Crippen molar-refractivity contribution in [1.29, 1.82) is 0 Å². The first kappa shape index (κ1) is 8.97. The lowest BCUT2D eigenvalue weighted by Gasteiger charge is -2.21. The molecule has 0 aromatic rings. The van der Waals surface area contributed by atoms with E-state index in [0.29, 0.717) is 0 Å². The first-order valence-corrected chi connectivity index (χ1v) is 5.81. The Morgan fingerprint density at radius 1 is 1.33 bits per heavy atom. The Kier molecular flexibility index (Phi) is 2.72. The molecule has 0 amide bonds. The van der Waals surface area contributed by atoms with Crippen molar-refractivity contribution in [1.82, 2.24) is 0 Å². The second kappa shape index (κ2) is 3.64. The van der Waals surface area contributed by atoms with Gasteiger partial charge in [0.2, 0.25) is 0 Å². The molecule has 2 aliphatic rings. The Morgan fingerprint density at radius 3 is 2.75 bits per heavy atom. The van der Waals surface area contributed by atoms with Crippen LogP contribution in [0, 0.1) is 5.92 Å². The molecule has 1 atom stereocenters. The number of rotatable bonds is 2. The van der Waals surface area contributed by atoms with E-state index in [0.717, 1.165) is 37.3 Å². The van der Waals surface area contributed by atoms with E-state index in [-0.39, 0.29) is 5.79 Å². The van der Waals surface area contributed by atoms with Crippen molar-refractivity contribution in [2.45, 2.75) is 31.5 Å². The Hall–Kier alpha value is 0.400. The summed E-state index contributed by atoms with van der Waals surface area (Å²) in [4.78, 5) is 0. The van der Waals surface area contributed by atoms with Gasteiger partial charge in [0.05, 0.1) is 13.2 Å². The van der Waals surface area contributed by atoms with Gasteiger partial charge in [-0.1, -0.05) is 15.9 Å².